The van der Waals surface area contributed by atoms with Crippen LogP contribution in [0.25, 0.3) is 11.4 Å². The second-order valence-corrected chi connectivity index (χ2v) is 8.69. The first-order chi connectivity index (χ1) is 18.5. The first-order valence-corrected chi connectivity index (χ1v) is 13.2. The summed E-state index contributed by atoms with van der Waals surface area (Å²) in [5.41, 5.74) is 12.7. The zero-order chi connectivity index (χ0) is 28.1. The van der Waals surface area contributed by atoms with Gasteiger partial charge in [-0.05, 0) is 92.4 Å². The third kappa shape index (κ3) is 7.46. The van der Waals surface area contributed by atoms with Gasteiger partial charge < -0.3 is 20.3 Å². The average Bonchev–Trinajstić information content (AvgIpc) is 3.42. The average molecular weight is 525 g/mol. The number of halogens is 2. The second-order valence-electron chi connectivity index (χ2n) is 8.69. The van der Waals surface area contributed by atoms with Crippen molar-refractivity contribution in [3.05, 3.63) is 89.5 Å². The van der Waals surface area contributed by atoms with Crippen molar-refractivity contribution in [3.63, 3.8) is 0 Å². The minimum Gasteiger partial charge on any atom is -0.497 e. The van der Waals surface area contributed by atoms with E-state index < -0.39 is 0 Å². The molecule has 4 rings (SSSR count). The van der Waals surface area contributed by atoms with Crippen molar-refractivity contribution in [2.45, 2.75) is 46.6 Å². The summed E-state index contributed by atoms with van der Waals surface area (Å²) in [6.07, 6.45) is 5.75. The Balaban J connectivity index is 0.00000121. The molecule has 0 radical (unpaired) electrons. The molecule has 38 heavy (non-hydrogen) atoms. The monoisotopic (exact) mass is 524 g/mol. The maximum Gasteiger partial charge on any atom is 0.123 e. The van der Waals surface area contributed by atoms with Crippen molar-refractivity contribution in [2.75, 3.05) is 38.8 Å². The normalized spacial score (nSPS) is 14.9. The van der Waals surface area contributed by atoms with Crippen LogP contribution in [0.1, 0.15) is 50.3 Å². The van der Waals surface area contributed by atoms with E-state index in [0.29, 0.717) is 18.9 Å². The predicted octanol–water partition coefficient (Wildman–Crippen LogP) is 6.93. The van der Waals surface area contributed by atoms with Crippen LogP contribution in [0, 0.1) is 12.7 Å². The maximum atomic E-state index is 13.6. The minimum atomic E-state index is -0.269. The molecule has 2 aromatic carbocycles. The lowest BCUT2D eigenvalue weighted by atomic mass is 10.0. The Morgan fingerprint density at radius 3 is 2.29 bits per heavy atom. The lowest BCUT2D eigenvalue weighted by molar-refractivity contribution is 0.369. The van der Waals surface area contributed by atoms with Gasteiger partial charge in [0.2, 0.25) is 0 Å². The molecule has 0 spiro atoms. The number of ether oxygens (including phenoxy) is 1. The summed E-state index contributed by atoms with van der Waals surface area (Å²) in [5, 5.41) is 0. The summed E-state index contributed by atoms with van der Waals surface area (Å²) in [5.74, 6) is 0.601. The number of likely N-dealkylation sites (N-methyl/N-ethyl adjacent to an activating group) is 1. The number of nitrogens with two attached hydrogens (primary N) is 1. The van der Waals surface area contributed by atoms with E-state index in [2.05, 4.69) is 40.8 Å². The summed E-state index contributed by atoms with van der Waals surface area (Å²) >= 11 is 0. The number of aromatic nitrogens is 1. The highest BCUT2D eigenvalue weighted by atomic mass is 19.1. The Kier molecular flexibility index (Phi) is 12.6. The standard InChI is InChI=1S/C28H33FN4O.C2H6.CH3F/c1-4-32(26-12-11-25(34-3)18-20(26)2)19-24-6-5-17-33(24)28(22-13-15-31-16-14-22)27(30)21-7-9-23(29)10-8-21;2*1-2/h7-16,18,24H,4-6,17,19,30H2,1-3H3;1-2H3;1H3/b28-27-;;/t24-;;/m0../s1. The van der Waals surface area contributed by atoms with Gasteiger partial charge in [0, 0.05) is 49.3 Å². The lowest BCUT2D eigenvalue weighted by Gasteiger charge is -2.35. The van der Waals surface area contributed by atoms with Gasteiger partial charge in [-0.2, -0.15) is 0 Å². The number of hydrogen-bond donors (Lipinski definition) is 1. The number of aryl methyl sites for hydroxylation is 1. The molecule has 1 aliphatic heterocycles. The van der Waals surface area contributed by atoms with Crippen molar-refractivity contribution in [1.82, 2.24) is 9.88 Å². The van der Waals surface area contributed by atoms with Crippen molar-refractivity contribution in [3.8, 4) is 5.75 Å². The minimum absolute atomic E-state index is 0.269. The van der Waals surface area contributed by atoms with Crippen LogP contribution in [0.4, 0.5) is 14.5 Å². The van der Waals surface area contributed by atoms with E-state index in [1.807, 2.05) is 32.0 Å². The highest BCUT2D eigenvalue weighted by Gasteiger charge is 2.30. The molecule has 3 aromatic rings. The quantitative estimate of drug-likeness (QED) is 0.346. The van der Waals surface area contributed by atoms with Gasteiger partial charge in [0.1, 0.15) is 11.6 Å². The highest BCUT2D eigenvalue weighted by molar-refractivity contribution is 5.88. The van der Waals surface area contributed by atoms with Crippen LogP contribution >= 0.6 is 0 Å². The molecule has 2 heterocycles. The zero-order valence-electron chi connectivity index (χ0n) is 23.5. The fourth-order valence-corrected chi connectivity index (χ4v) is 4.83. The Labute approximate surface area is 226 Å². The van der Waals surface area contributed by atoms with Crippen LogP contribution in [0.2, 0.25) is 0 Å². The van der Waals surface area contributed by atoms with Gasteiger partial charge >= 0.3 is 0 Å². The Morgan fingerprint density at radius 1 is 1.05 bits per heavy atom. The third-order valence-electron chi connectivity index (χ3n) is 6.59. The van der Waals surface area contributed by atoms with Crippen LogP contribution in [0.5, 0.6) is 5.75 Å². The number of rotatable bonds is 8. The summed E-state index contributed by atoms with van der Waals surface area (Å²) < 4.78 is 28.5. The van der Waals surface area contributed by atoms with Crippen LogP contribution in [0.15, 0.2) is 67.0 Å². The van der Waals surface area contributed by atoms with Crippen molar-refractivity contribution >= 4 is 17.1 Å². The first kappa shape index (κ1) is 30.6. The van der Waals surface area contributed by atoms with E-state index in [0.717, 1.165) is 55.0 Å². The van der Waals surface area contributed by atoms with Crippen molar-refractivity contribution < 1.29 is 13.5 Å². The van der Waals surface area contributed by atoms with E-state index in [1.165, 1.54) is 23.4 Å². The molecule has 1 atom stereocenters. The molecular formula is C31H42F2N4O. The number of benzene rings is 2. The van der Waals surface area contributed by atoms with Gasteiger partial charge in [-0.15, -0.1) is 0 Å². The molecule has 0 aliphatic carbocycles. The van der Waals surface area contributed by atoms with Gasteiger partial charge in [0.05, 0.1) is 25.7 Å². The number of alkyl halides is 1. The van der Waals surface area contributed by atoms with Gasteiger partial charge in [0.15, 0.2) is 0 Å². The SMILES string of the molecule is CC.CCN(C[C@@H]1CCCN1/C(=C(\N)c1ccc(F)cc1)c1ccncc1)c1ccc(OC)cc1C.CF. The number of likely N-dealkylation sites (tertiary alicyclic amines) is 1. The topological polar surface area (TPSA) is 54.6 Å². The van der Waals surface area contributed by atoms with Crippen LogP contribution in [-0.2, 0) is 0 Å². The van der Waals surface area contributed by atoms with Crippen LogP contribution in [-0.4, -0.2) is 49.8 Å². The number of nitrogens with zero attached hydrogens (tertiary/aromatic N) is 3. The van der Waals surface area contributed by atoms with Gasteiger partial charge in [-0.25, -0.2) is 4.39 Å². The van der Waals surface area contributed by atoms with Crippen molar-refractivity contribution in [2.24, 2.45) is 5.73 Å². The van der Waals surface area contributed by atoms with E-state index in [-0.39, 0.29) is 5.82 Å². The molecule has 0 amide bonds. The van der Waals surface area contributed by atoms with E-state index in [4.69, 9.17) is 10.5 Å². The number of hydrogen-bond acceptors (Lipinski definition) is 5. The summed E-state index contributed by atoms with van der Waals surface area (Å²) in [6, 6.07) is 16.9. The highest BCUT2D eigenvalue weighted by Crippen LogP contribution is 2.34. The van der Waals surface area contributed by atoms with Gasteiger partial charge in [-0.1, -0.05) is 13.8 Å². The molecule has 1 fully saturated rings. The predicted molar refractivity (Wildman–Crippen MR) is 155 cm³/mol. The van der Waals surface area contributed by atoms with Gasteiger partial charge in [0.25, 0.3) is 0 Å². The number of methoxy groups -OCH3 is 1. The fourth-order valence-electron chi connectivity index (χ4n) is 4.83. The molecular weight excluding hydrogens is 482 g/mol. The lowest BCUT2D eigenvalue weighted by Crippen LogP contribution is -2.40. The molecule has 0 unspecified atom stereocenters. The molecule has 1 saturated heterocycles. The van der Waals surface area contributed by atoms with Crippen LogP contribution in [0.3, 0.4) is 0 Å². The van der Waals surface area contributed by atoms with Crippen LogP contribution < -0.4 is 15.4 Å². The summed E-state index contributed by atoms with van der Waals surface area (Å²) in [4.78, 5) is 9.04. The van der Waals surface area contributed by atoms with E-state index in [1.54, 1.807) is 31.6 Å². The molecule has 0 saturated carbocycles. The molecule has 1 aliphatic rings. The smallest absolute Gasteiger partial charge is 0.123 e. The maximum absolute atomic E-state index is 13.6. The molecule has 0 bridgehead atoms. The molecule has 2 N–H and O–H groups in total. The largest absolute Gasteiger partial charge is 0.497 e. The molecule has 206 valence electrons. The van der Waals surface area contributed by atoms with Crippen molar-refractivity contribution in [1.29, 1.82) is 0 Å². The fraction of sp³-hybridized carbons (Fsp3) is 0.387. The van der Waals surface area contributed by atoms with E-state index >= 15 is 0 Å². The Bertz CT molecular complexity index is 1140. The third-order valence-corrected chi connectivity index (χ3v) is 6.59. The summed E-state index contributed by atoms with van der Waals surface area (Å²) in [6.45, 7) is 11.0. The molecule has 7 heteroatoms. The molecule has 1 aromatic heterocycles. The van der Waals surface area contributed by atoms with Gasteiger partial charge in [-0.3, -0.25) is 9.37 Å². The molecule has 5 nitrogen and oxygen atoms in total. The Morgan fingerprint density at radius 2 is 1.71 bits per heavy atom. The first-order valence-electron chi connectivity index (χ1n) is 13.2. The van der Waals surface area contributed by atoms with E-state index in [9.17, 15) is 8.78 Å². The summed E-state index contributed by atoms with van der Waals surface area (Å²) in [7, 11) is 2.20. The number of anilines is 1. The number of pyridine rings is 1. The second kappa shape index (κ2) is 15.6. The Hall–Kier alpha value is -3.61. The zero-order valence-corrected chi connectivity index (χ0v) is 23.5.